The molecule has 0 spiro atoms. The number of carbonyl (C=O) groups excluding carboxylic acids is 1. The van der Waals surface area contributed by atoms with E-state index in [1.165, 1.54) is 28.6 Å². The maximum Gasteiger partial charge on any atom is 0.416 e. The van der Waals surface area contributed by atoms with E-state index >= 15 is 0 Å². The number of amides is 1. The number of carbonyl (C=O) groups is 1. The predicted octanol–water partition coefficient (Wildman–Crippen LogP) is 4.38. The van der Waals surface area contributed by atoms with E-state index in [4.69, 9.17) is 11.6 Å². The highest BCUT2D eigenvalue weighted by molar-refractivity contribution is 8.18. The average molecular weight is 550 g/mol. The Kier molecular flexibility index (Phi) is 7.06. The maximum absolute atomic E-state index is 13.5. The number of fused-ring (bicyclic) bond motifs is 1. The first-order valence-electron chi connectivity index (χ1n) is 11.5. The summed E-state index contributed by atoms with van der Waals surface area (Å²) in [6.45, 7) is 0.701. The van der Waals surface area contributed by atoms with Crippen LogP contribution in [0.4, 0.5) is 13.2 Å². The summed E-state index contributed by atoms with van der Waals surface area (Å²) in [4.78, 5) is 19.2. The lowest BCUT2D eigenvalue weighted by molar-refractivity contribution is -0.138. The highest BCUT2D eigenvalue weighted by Gasteiger charge is 2.34. The number of amidine groups is 1. The molecule has 2 atom stereocenters. The Balaban J connectivity index is 1.33. The Morgan fingerprint density at radius 1 is 1.30 bits per heavy atom. The summed E-state index contributed by atoms with van der Waals surface area (Å²) in [6.07, 6.45) is -0.429. The van der Waals surface area contributed by atoms with Crippen molar-refractivity contribution in [3.63, 3.8) is 0 Å². The quantitative estimate of drug-likeness (QED) is 0.460. The molecule has 2 aliphatic rings. The summed E-state index contributed by atoms with van der Waals surface area (Å²) in [6, 6.07) is 9.29. The summed E-state index contributed by atoms with van der Waals surface area (Å²) < 4.78 is 42.0. The van der Waals surface area contributed by atoms with Gasteiger partial charge < -0.3 is 15.3 Å². The number of aliphatic hydroxyl groups is 1. The molecule has 1 aromatic heterocycles. The number of likely N-dealkylation sites (N-methyl/N-ethyl adjacent to an activating group) is 1. The minimum absolute atomic E-state index is 0.0194. The molecule has 2 N–H and O–H groups in total. The second kappa shape index (κ2) is 10.1. The van der Waals surface area contributed by atoms with Crippen molar-refractivity contribution in [3.05, 3.63) is 69.2 Å². The number of aliphatic hydroxyl groups excluding tert-OH is 1. The number of hydrogen-bond acceptors (Lipinski definition) is 6. The predicted molar refractivity (Wildman–Crippen MR) is 138 cm³/mol. The van der Waals surface area contributed by atoms with Gasteiger partial charge in [-0.2, -0.15) is 23.3 Å². The molecule has 5 rings (SSSR count). The number of nitrogens with zero attached hydrogens (tertiary/aromatic N) is 4. The van der Waals surface area contributed by atoms with Crippen molar-refractivity contribution in [2.75, 3.05) is 20.2 Å². The molecule has 2 aromatic carbocycles. The lowest BCUT2D eigenvalue weighted by atomic mass is 10.1. The van der Waals surface area contributed by atoms with Crippen LogP contribution in [0.1, 0.15) is 23.1 Å². The van der Waals surface area contributed by atoms with Gasteiger partial charge in [-0.25, -0.2) is 0 Å². The average Bonchev–Trinajstić information content (AvgIpc) is 3.58. The van der Waals surface area contributed by atoms with Crippen molar-refractivity contribution in [1.82, 2.24) is 20.0 Å². The minimum atomic E-state index is -4.53. The molecule has 0 aliphatic carbocycles. The number of alkyl halides is 3. The summed E-state index contributed by atoms with van der Waals surface area (Å²) in [7, 11) is 1.89. The molecule has 37 heavy (non-hydrogen) atoms. The monoisotopic (exact) mass is 549 g/mol. The molecule has 2 aliphatic heterocycles. The fraction of sp³-hybridized carbons (Fsp3) is 0.320. The van der Waals surface area contributed by atoms with Gasteiger partial charge in [0.05, 0.1) is 35.3 Å². The molecule has 0 radical (unpaired) electrons. The van der Waals surface area contributed by atoms with Crippen LogP contribution in [0, 0.1) is 0 Å². The molecule has 12 heteroatoms. The summed E-state index contributed by atoms with van der Waals surface area (Å²) in [5, 5.41) is 18.2. The topological polar surface area (TPSA) is 82.8 Å². The molecular formula is C25H23ClF3N5O2S. The fourth-order valence-electron chi connectivity index (χ4n) is 4.52. The van der Waals surface area contributed by atoms with E-state index in [0.29, 0.717) is 22.1 Å². The molecule has 3 heterocycles. The largest absolute Gasteiger partial charge is 0.416 e. The Labute approximate surface area is 220 Å². The highest BCUT2D eigenvalue weighted by Crippen LogP contribution is 2.35. The molecule has 1 unspecified atom stereocenters. The van der Waals surface area contributed by atoms with Gasteiger partial charge in [-0.15, -0.1) is 0 Å². The SMILES string of the molecule is CN(C1=NC(=O)/C(=C/c2ccc3c(cnn3Cc3ccc(Cl)cc3C(F)(F)F)c2)S1)C1CN[C@H](CO)C1. The van der Waals surface area contributed by atoms with Gasteiger partial charge in [0.2, 0.25) is 0 Å². The number of benzene rings is 2. The van der Waals surface area contributed by atoms with E-state index in [1.807, 2.05) is 18.0 Å². The van der Waals surface area contributed by atoms with Gasteiger partial charge in [-0.1, -0.05) is 23.7 Å². The zero-order valence-corrected chi connectivity index (χ0v) is 21.2. The standard InChI is InChI=1S/C25H23ClF3N5O2S/c1-33(19-9-18(13-35)30-11-19)24-32-23(36)22(37-24)7-14-2-5-21-16(6-14)10-31-34(21)12-15-3-4-17(26)8-20(15)25(27,28)29/h2-8,10,18-19,30,35H,9,11-13H2,1H3/b22-7-/t18-,19?/m0/s1. The van der Waals surface area contributed by atoms with Crippen LogP contribution < -0.4 is 5.32 Å². The van der Waals surface area contributed by atoms with Crippen LogP contribution in [0.25, 0.3) is 17.0 Å². The zero-order valence-electron chi connectivity index (χ0n) is 19.7. The smallest absolute Gasteiger partial charge is 0.395 e. The zero-order chi connectivity index (χ0) is 26.3. The van der Waals surface area contributed by atoms with Crippen LogP contribution in [0.2, 0.25) is 5.02 Å². The van der Waals surface area contributed by atoms with Crippen molar-refractivity contribution in [2.45, 2.75) is 31.2 Å². The molecule has 194 valence electrons. The second-order valence-corrected chi connectivity index (χ2v) is 10.5. The van der Waals surface area contributed by atoms with Gasteiger partial charge in [-0.3, -0.25) is 9.48 Å². The Morgan fingerprint density at radius 2 is 2.11 bits per heavy atom. The van der Waals surface area contributed by atoms with Crippen molar-refractivity contribution in [3.8, 4) is 0 Å². The van der Waals surface area contributed by atoms with Crippen LogP contribution >= 0.6 is 23.4 Å². The van der Waals surface area contributed by atoms with E-state index in [9.17, 15) is 23.1 Å². The van der Waals surface area contributed by atoms with Crippen molar-refractivity contribution >= 4 is 51.4 Å². The minimum Gasteiger partial charge on any atom is -0.395 e. The Morgan fingerprint density at radius 3 is 2.84 bits per heavy atom. The molecule has 1 fully saturated rings. The lowest BCUT2D eigenvalue weighted by Crippen LogP contribution is -2.36. The first kappa shape index (κ1) is 25.8. The molecule has 7 nitrogen and oxygen atoms in total. The third-order valence-corrected chi connectivity index (χ3v) is 7.85. The fourth-order valence-corrected chi connectivity index (χ4v) is 5.64. The van der Waals surface area contributed by atoms with Gasteiger partial charge in [0.25, 0.3) is 5.91 Å². The van der Waals surface area contributed by atoms with E-state index in [-0.39, 0.29) is 41.7 Å². The Hall–Kier alpha value is -2.86. The van der Waals surface area contributed by atoms with E-state index < -0.39 is 11.7 Å². The molecule has 0 bridgehead atoms. The summed E-state index contributed by atoms with van der Waals surface area (Å²) in [5.74, 6) is -0.324. The van der Waals surface area contributed by atoms with Crippen molar-refractivity contribution in [2.24, 2.45) is 4.99 Å². The maximum atomic E-state index is 13.5. The summed E-state index contributed by atoms with van der Waals surface area (Å²) in [5.41, 5.74) is 0.701. The van der Waals surface area contributed by atoms with Gasteiger partial charge in [0.15, 0.2) is 5.17 Å². The molecule has 1 amide bonds. The van der Waals surface area contributed by atoms with E-state index in [2.05, 4.69) is 15.4 Å². The second-order valence-electron chi connectivity index (χ2n) is 9.02. The number of rotatable bonds is 5. The van der Waals surface area contributed by atoms with Gasteiger partial charge in [0, 0.05) is 36.1 Å². The van der Waals surface area contributed by atoms with Gasteiger partial charge in [-0.05, 0) is 59.7 Å². The highest BCUT2D eigenvalue weighted by atomic mass is 35.5. The molecule has 3 aromatic rings. The van der Waals surface area contributed by atoms with Crippen molar-refractivity contribution in [1.29, 1.82) is 0 Å². The molecule has 0 saturated carbocycles. The van der Waals surface area contributed by atoms with Crippen LogP contribution in [0.5, 0.6) is 0 Å². The van der Waals surface area contributed by atoms with E-state index in [1.54, 1.807) is 24.4 Å². The van der Waals surface area contributed by atoms with Crippen LogP contribution in [-0.4, -0.2) is 63.1 Å². The first-order valence-corrected chi connectivity index (χ1v) is 12.7. The third-order valence-electron chi connectivity index (χ3n) is 6.54. The molecule has 1 saturated heterocycles. The van der Waals surface area contributed by atoms with E-state index in [0.717, 1.165) is 23.4 Å². The van der Waals surface area contributed by atoms with Gasteiger partial charge in [0.1, 0.15) is 0 Å². The number of aliphatic imine (C=N–C) groups is 1. The van der Waals surface area contributed by atoms with Crippen LogP contribution in [0.3, 0.4) is 0 Å². The third kappa shape index (κ3) is 5.40. The normalized spacial score (nSPS) is 21.3. The Bertz CT molecular complexity index is 1420. The number of hydrogen-bond donors (Lipinski definition) is 2. The number of thioether (sulfide) groups is 1. The number of nitrogens with one attached hydrogen (secondary N) is 1. The number of halogens is 4. The summed E-state index contributed by atoms with van der Waals surface area (Å²) >= 11 is 7.09. The van der Waals surface area contributed by atoms with Gasteiger partial charge >= 0.3 is 6.18 Å². The van der Waals surface area contributed by atoms with Crippen LogP contribution in [-0.2, 0) is 17.5 Å². The van der Waals surface area contributed by atoms with Crippen molar-refractivity contribution < 1.29 is 23.1 Å². The number of aromatic nitrogens is 2. The lowest BCUT2D eigenvalue weighted by Gasteiger charge is -2.24. The molecular weight excluding hydrogens is 527 g/mol. The first-order chi connectivity index (χ1) is 17.6. The van der Waals surface area contributed by atoms with Crippen LogP contribution in [0.15, 0.2) is 52.5 Å².